The Balaban J connectivity index is 1.60. The van der Waals surface area contributed by atoms with Crippen LogP contribution in [0.3, 0.4) is 0 Å². The lowest BCUT2D eigenvalue weighted by atomic mass is 9.47. The number of hydrogen-bond donors (Lipinski definition) is 4. The van der Waals surface area contributed by atoms with E-state index in [1.165, 1.54) is 0 Å². The maximum Gasteiger partial charge on any atom is 0.220 e. The van der Waals surface area contributed by atoms with Gasteiger partial charge in [-0.3, -0.25) is 4.79 Å². The molecule has 7 nitrogen and oxygen atoms in total. The van der Waals surface area contributed by atoms with Gasteiger partial charge >= 0.3 is 0 Å². The molecule has 0 radical (unpaired) electrons. The molecule has 8 heteroatoms. The first-order chi connectivity index (χ1) is 16.7. The molecule has 0 unspecified atom stereocenters. The topological polar surface area (TPSA) is 104 Å². The first-order valence-electron chi connectivity index (χ1n) is 12.3. The summed E-state index contributed by atoms with van der Waals surface area (Å²) in [6.45, 7) is 8.96. The molecule has 35 heavy (non-hydrogen) atoms. The van der Waals surface area contributed by atoms with Crippen molar-refractivity contribution in [1.29, 1.82) is 0 Å². The first-order valence-corrected chi connectivity index (χ1v) is 13.1. The number of carbonyl (C=O) groups excluding carboxylic acids is 1. The Labute approximate surface area is 211 Å². The van der Waals surface area contributed by atoms with Crippen molar-refractivity contribution in [1.82, 2.24) is 10.3 Å². The summed E-state index contributed by atoms with van der Waals surface area (Å²) in [6.07, 6.45) is 3.69. The normalized spacial score (nSPS) is 29.6. The van der Waals surface area contributed by atoms with Crippen molar-refractivity contribution < 1.29 is 19.7 Å². The number of fused-ring (bicyclic) bond motifs is 2. The number of thiazole rings is 1. The Morgan fingerprint density at radius 3 is 2.74 bits per heavy atom. The Hall–Kier alpha value is -2.42. The standard InChI is InChI=1S/C27H37N3O4S/c1-5-12-28-25-30-24-19(13-23(33)29-15-17-6-8-18(34-4)9-7-17)26(2)11-10-22(32)27(3,16-31)21(26)14-20(24)35-25/h5-9,19,21-22,31-32H,1,10-16H2,2-4H3,(H,28,30)(H,29,33)/t19-,21+,22-,26+,27+/m1/s1. The van der Waals surface area contributed by atoms with Crippen molar-refractivity contribution >= 4 is 22.4 Å². The van der Waals surface area contributed by atoms with Gasteiger partial charge in [-0.25, -0.2) is 4.98 Å². The third kappa shape index (κ3) is 4.84. The van der Waals surface area contributed by atoms with E-state index in [9.17, 15) is 15.0 Å². The zero-order valence-electron chi connectivity index (χ0n) is 20.8. The zero-order valence-corrected chi connectivity index (χ0v) is 21.7. The highest BCUT2D eigenvalue weighted by atomic mass is 32.1. The quantitative estimate of drug-likeness (QED) is 0.391. The summed E-state index contributed by atoms with van der Waals surface area (Å²) >= 11 is 1.61. The van der Waals surface area contributed by atoms with Crippen molar-refractivity contribution in [2.45, 2.75) is 58.1 Å². The van der Waals surface area contributed by atoms with Gasteiger partial charge in [0.2, 0.25) is 5.91 Å². The molecule has 0 aliphatic heterocycles. The largest absolute Gasteiger partial charge is 0.497 e. The number of methoxy groups -OCH3 is 1. The number of hydrogen-bond acceptors (Lipinski definition) is 7. The van der Waals surface area contributed by atoms with Crippen LogP contribution < -0.4 is 15.4 Å². The second kappa shape index (κ2) is 10.3. The molecule has 0 saturated heterocycles. The second-order valence-electron chi connectivity index (χ2n) is 10.4. The number of anilines is 1. The second-order valence-corrected chi connectivity index (χ2v) is 11.4. The number of rotatable bonds is 9. The SMILES string of the molecule is C=CCNc1nc2c(s1)C[C@@H]1[C@](C)(CO)[C@H](O)CC[C@@]1(C)[C@@H]2CC(=O)NCc1ccc(OC)cc1. The molecule has 1 heterocycles. The Kier molecular flexibility index (Phi) is 7.54. The van der Waals surface area contributed by atoms with Crippen LogP contribution in [0.5, 0.6) is 5.75 Å². The number of amides is 1. The van der Waals surface area contributed by atoms with Crippen molar-refractivity contribution in [3.63, 3.8) is 0 Å². The van der Waals surface area contributed by atoms with E-state index in [1.807, 2.05) is 31.2 Å². The summed E-state index contributed by atoms with van der Waals surface area (Å²) in [5.74, 6) is 0.707. The lowest BCUT2D eigenvalue weighted by Gasteiger charge is -2.58. The fraction of sp³-hybridized carbons (Fsp3) is 0.556. The molecule has 190 valence electrons. The maximum absolute atomic E-state index is 13.2. The minimum Gasteiger partial charge on any atom is -0.497 e. The predicted molar refractivity (Wildman–Crippen MR) is 139 cm³/mol. The van der Waals surface area contributed by atoms with Gasteiger partial charge in [0.25, 0.3) is 0 Å². The van der Waals surface area contributed by atoms with Gasteiger partial charge in [-0.15, -0.1) is 17.9 Å². The van der Waals surface area contributed by atoms with E-state index < -0.39 is 11.5 Å². The Morgan fingerprint density at radius 2 is 2.09 bits per heavy atom. The molecule has 0 spiro atoms. The molecule has 4 rings (SSSR count). The van der Waals surface area contributed by atoms with Gasteiger partial charge in [0.15, 0.2) is 5.13 Å². The van der Waals surface area contributed by atoms with E-state index in [4.69, 9.17) is 9.72 Å². The molecule has 2 aliphatic rings. The highest BCUT2D eigenvalue weighted by Gasteiger charge is 2.59. The molecule has 5 atom stereocenters. The molecule has 1 amide bonds. The zero-order chi connectivity index (χ0) is 25.2. The molecular formula is C27H37N3O4S. The van der Waals surface area contributed by atoms with Crippen LogP contribution in [-0.4, -0.2) is 47.5 Å². The maximum atomic E-state index is 13.2. The van der Waals surface area contributed by atoms with Crippen LogP contribution in [0.2, 0.25) is 0 Å². The van der Waals surface area contributed by atoms with E-state index in [0.717, 1.165) is 39.9 Å². The Bertz CT molecular complexity index is 1060. The van der Waals surface area contributed by atoms with Crippen LogP contribution in [0.1, 0.15) is 55.2 Å². The van der Waals surface area contributed by atoms with Crippen LogP contribution in [0.4, 0.5) is 5.13 Å². The van der Waals surface area contributed by atoms with Gasteiger partial charge < -0.3 is 25.6 Å². The number of aliphatic hydroxyl groups excluding tert-OH is 2. The number of ether oxygens (including phenoxy) is 1. The van der Waals surface area contributed by atoms with Crippen molar-refractivity contribution in [3.05, 3.63) is 53.1 Å². The smallest absolute Gasteiger partial charge is 0.220 e. The number of aromatic nitrogens is 1. The first kappa shape index (κ1) is 25.7. The third-order valence-electron chi connectivity index (χ3n) is 8.33. The van der Waals surface area contributed by atoms with Crippen LogP contribution in [0.15, 0.2) is 36.9 Å². The summed E-state index contributed by atoms with van der Waals surface area (Å²) in [4.78, 5) is 19.3. The van der Waals surface area contributed by atoms with Crippen molar-refractivity contribution in [2.24, 2.45) is 16.7 Å². The summed E-state index contributed by atoms with van der Waals surface area (Å²) in [6, 6.07) is 7.66. The highest BCUT2D eigenvalue weighted by molar-refractivity contribution is 7.15. The minimum atomic E-state index is -0.624. The molecule has 1 aromatic carbocycles. The van der Waals surface area contributed by atoms with Crippen molar-refractivity contribution in [3.8, 4) is 5.75 Å². The van der Waals surface area contributed by atoms with Gasteiger partial charge in [-0.2, -0.15) is 0 Å². The Morgan fingerprint density at radius 1 is 1.34 bits per heavy atom. The number of nitrogens with one attached hydrogen (secondary N) is 2. The fourth-order valence-corrected chi connectivity index (χ4v) is 7.16. The number of benzene rings is 1. The van der Waals surface area contributed by atoms with Crippen LogP contribution >= 0.6 is 11.3 Å². The number of aliphatic hydroxyl groups is 2. The summed E-state index contributed by atoms with van der Waals surface area (Å²) in [5.41, 5.74) is 1.11. The minimum absolute atomic E-state index is 0.0240. The lowest BCUT2D eigenvalue weighted by molar-refractivity contribution is -0.144. The molecule has 1 aromatic heterocycles. The predicted octanol–water partition coefficient (Wildman–Crippen LogP) is 3.87. The summed E-state index contributed by atoms with van der Waals surface area (Å²) < 4.78 is 5.21. The van der Waals surface area contributed by atoms with Crippen LogP contribution in [-0.2, 0) is 17.8 Å². The molecular weight excluding hydrogens is 462 g/mol. The highest BCUT2D eigenvalue weighted by Crippen LogP contribution is 2.62. The van der Waals surface area contributed by atoms with Gasteiger partial charge in [-0.1, -0.05) is 32.1 Å². The molecule has 1 saturated carbocycles. The van der Waals surface area contributed by atoms with Crippen LogP contribution in [0, 0.1) is 16.7 Å². The van der Waals surface area contributed by atoms with Gasteiger partial charge in [0, 0.05) is 35.7 Å². The van der Waals surface area contributed by atoms with E-state index >= 15 is 0 Å². The molecule has 1 fully saturated rings. The molecule has 2 aliphatic carbocycles. The van der Waals surface area contributed by atoms with Gasteiger partial charge in [0.1, 0.15) is 5.75 Å². The number of nitrogens with zero attached hydrogens (tertiary/aromatic N) is 1. The van der Waals surface area contributed by atoms with Crippen LogP contribution in [0.25, 0.3) is 0 Å². The van der Waals surface area contributed by atoms with E-state index in [-0.39, 0.29) is 29.8 Å². The average molecular weight is 500 g/mol. The van der Waals surface area contributed by atoms with E-state index in [1.54, 1.807) is 24.5 Å². The molecule has 4 N–H and O–H groups in total. The van der Waals surface area contributed by atoms with Gasteiger partial charge in [-0.05, 0) is 48.3 Å². The van der Waals surface area contributed by atoms with Crippen molar-refractivity contribution in [2.75, 3.05) is 25.6 Å². The molecule has 2 aromatic rings. The monoisotopic (exact) mass is 499 g/mol. The van der Waals surface area contributed by atoms with E-state index in [0.29, 0.717) is 25.9 Å². The third-order valence-corrected chi connectivity index (χ3v) is 9.38. The van der Waals surface area contributed by atoms with Gasteiger partial charge in [0.05, 0.1) is 25.5 Å². The number of carbonyl (C=O) groups is 1. The molecule has 0 bridgehead atoms. The lowest BCUT2D eigenvalue weighted by Crippen LogP contribution is -2.57. The summed E-state index contributed by atoms with van der Waals surface area (Å²) in [7, 11) is 1.63. The average Bonchev–Trinajstić information content (AvgIpc) is 3.28. The fourth-order valence-electron chi connectivity index (χ4n) is 6.08. The van der Waals surface area contributed by atoms with E-state index in [2.05, 4.69) is 24.1 Å². The summed E-state index contributed by atoms with van der Waals surface area (Å²) in [5, 5.41) is 28.5.